The largest absolute Gasteiger partial charge is 0.348 e. The van der Waals surface area contributed by atoms with Crippen LogP contribution < -0.4 is 14.8 Å². The average molecular weight is 380 g/mol. The topological polar surface area (TPSA) is 19.4 Å². The van der Waals surface area contributed by atoms with Crippen molar-refractivity contribution in [1.29, 1.82) is 0 Å². The van der Waals surface area contributed by atoms with Crippen LogP contribution in [0.25, 0.3) is 12.2 Å². The number of benzene rings is 1. The van der Waals surface area contributed by atoms with Gasteiger partial charge in [0.05, 0.1) is 9.88 Å². The lowest BCUT2D eigenvalue weighted by Gasteiger charge is -2.33. The van der Waals surface area contributed by atoms with Crippen LogP contribution in [0.5, 0.6) is 0 Å². The second-order valence-electron chi connectivity index (χ2n) is 8.32. The van der Waals surface area contributed by atoms with Crippen molar-refractivity contribution in [2.75, 3.05) is 37.6 Å². The Hall–Kier alpha value is -1.65. The molecule has 2 aliphatic heterocycles. The van der Waals surface area contributed by atoms with E-state index >= 15 is 0 Å². The van der Waals surface area contributed by atoms with Crippen LogP contribution in [0, 0.1) is 5.92 Å². The first kappa shape index (κ1) is 17.4. The third-order valence-electron chi connectivity index (χ3n) is 6.44. The number of piperidine rings is 1. The summed E-state index contributed by atoms with van der Waals surface area (Å²) in [6, 6.07) is 11.1. The van der Waals surface area contributed by atoms with E-state index in [9.17, 15) is 0 Å². The molecule has 1 aliphatic carbocycles. The van der Waals surface area contributed by atoms with Crippen molar-refractivity contribution in [3.63, 3.8) is 0 Å². The first-order chi connectivity index (χ1) is 13.3. The number of fused-ring (bicyclic) bond motifs is 1. The normalized spacial score (nSPS) is 23.7. The minimum atomic E-state index is 0.761. The van der Waals surface area contributed by atoms with Crippen molar-refractivity contribution in [3.8, 4) is 0 Å². The minimum Gasteiger partial charge on any atom is -0.348 e. The maximum absolute atomic E-state index is 4.90. The van der Waals surface area contributed by atoms with Crippen LogP contribution in [-0.2, 0) is 0 Å². The van der Waals surface area contributed by atoms with Crippen molar-refractivity contribution in [2.24, 2.45) is 5.92 Å². The molecular weight excluding hydrogens is 350 g/mol. The van der Waals surface area contributed by atoms with Crippen molar-refractivity contribution >= 4 is 28.6 Å². The zero-order valence-corrected chi connectivity index (χ0v) is 16.8. The maximum Gasteiger partial charge on any atom is 0.186 e. The van der Waals surface area contributed by atoms with Gasteiger partial charge in [0, 0.05) is 19.6 Å². The fraction of sp³-hybridized carbons (Fsp3) is 0.522. The van der Waals surface area contributed by atoms with Gasteiger partial charge >= 0.3 is 0 Å². The highest BCUT2D eigenvalue weighted by Gasteiger charge is 2.28. The minimum absolute atomic E-state index is 0.761. The average Bonchev–Trinajstić information content (AvgIpc) is 3.36. The molecule has 0 unspecified atom stereocenters. The summed E-state index contributed by atoms with van der Waals surface area (Å²) >= 11 is 1.89. The highest BCUT2D eigenvalue weighted by Crippen LogP contribution is 2.30. The van der Waals surface area contributed by atoms with E-state index in [4.69, 9.17) is 4.98 Å². The number of nitrogens with zero attached hydrogens (tertiary/aromatic N) is 3. The second kappa shape index (κ2) is 7.76. The summed E-state index contributed by atoms with van der Waals surface area (Å²) in [7, 11) is 0. The van der Waals surface area contributed by atoms with Gasteiger partial charge in [-0.25, -0.2) is 4.98 Å². The molecule has 0 amide bonds. The van der Waals surface area contributed by atoms with Gasteiger partial charge in [-0.2, -0.15) is 0 Å². The van der Waals surface area contributed by atoms with Crippen LogP contribution in [0.1, 0.15) is 43.6 Å². The molecule has 1 atom stereocenters. The molecule has 1 aromatic heterocycles. The summed E-state index contributed by atoms with van der Waals surface area (Å²) in [5.41, 5.74) is 1.53. The first-order valence-electron chi connectivity index (χ1n) is 10.5. The molecule has 3 heterocycles. The molecule has 0 bridgehead atoms. The lowest BCUT2D eigenvalue weighted by atomic mass is 9.89. The highest BCUT2D eigenvalue weighted by molar-refractivity contribution is 7.13. The van der Waals surface area contributed by atoms with E-state index < -0.39 is 0 Å². The van der Waals surface area contributed by atoms with E-state index in [2.05, 4.69) is 52.3 Å². The zero-order valence-electron chi connectivity index (χ0n) is 16.0. The Morgan fingerprint density at radius 2 is 1.78 bits per heavy atom. The lowest BCUT2D eigenvalue weighted by Crippen LogP contribution is -2.37. The molecule has 0 saturated carbocycles. The summed E-state index contributed by atoms with van der Waals surface area (Å²) in [6.45, 7) is 6.14. The quantitative estimate of drug-likeness (QED) is 0.813. The summed E-state index contributed by atoms with van der Waals surface area (Å²) in [6.07, 6.45) is 10.9. The van der Waals surface area contributed by atoms with Gasteiger partial charge < -0.3 is 9.80 Å². The molecule has 3 aliphatic rings. The van der Waals surface area contributed by atoms with Crippen LogP contribution in [0.3, 0.4) is 0 Å². The van der Waals surface area contributed by atoms with E-state index in [0.717, 1.165) is 18.3 Å². The Morgan fingerprint density at radius 3 is 2.59 bits per heavy atom. The van der Waals surface area contributed by atoms with Crippen LogP contribution in [-0.4, -0.2) is 42.6 Å². The monoisotopic (exact) mass is 379 g/mol. The summed E-state index contributed by atoms with van der Waals surface area (Å²) in [4.78, 5) is 10.1. The van der Waals surface area contributed by atoms with E-state index in [1.807, 2.05) is 11.3 Å². The van der Waals surface area contributed by atoms with Gasteiger partial charge in [-0.1, -0.05) is 53.8 Å². The van der Waals surface area contributed by atoms with Crippen molar-refractivity contribution < 1.29 is 0 Å². The molecule has 2 saturated heterocycles. The molecule has 2 fully saturated rings. The molecule has 5 rings (SSSR count). The molecule has 142 valence electrons. The molecule has 4 heteroatoms. The molecule has 2 aromatic rings. The third-order valence-corrected chi connectivity index (χ3v) is 7.56. The number of rotatable bonds is 4. The third kappa shape index (κ3) is 3.83. The maximum atomic E-state index is 4.90. The smallest absolute Gasteiger partial charge is 0.186 e. The number of thiazole rings is 1. The Labute approximate surface area is 166 Å². The molecular formula is C23H29N3S. The van der Waals surface area contributed by atoms with E-state index in [1.165, 1.54) is 79.0 Å². The van der Waals surface area contributed by atoms with Gasteiger partial charge in [0.25, 0.3) is 0 Å². The number of hydrogen-bond donors (Lipinski definition) is 0. The second-order valence-corrected chi connectivity index (χ2v) is 9.33. The predicted molar refractivity (Wildman–Crippen MR) is 115 cm³/mol. The number of anilines is 1. The van der Waals surface area contributed by atoms with Gasteiger partial charge in [0.1, 0.15) is 0 Å². The van der Waals surface area contributed by atoms with Crippen LogP contribution >= 0.6 is 11.3 Å². The van der Waals surface area contributed by atoms with Crippen LogP contribution in [0.2, 0.25) is 0 Å². The molecule has 0 N–H and O–H groups in total. The molecule has 27 heavy (non-hydrogen) atoms. The molecule has 3 nitrogen and oxygen atoms in total. The van der Waals surface area contributed by atoms with E-state index in [0.29, 0.717) is 0 Å². The molecule has 1 aromatic carbocycles. The highest BCUT2D eigenvalue weighted by atomic mass is 32.1. The fourth-order valence-electron chi connectivity index (χ4n) is 4.89. The van der Waals surface area contributed by atoms with Gasteiger partial charge in [0.2, 0.25) is 0 Å². The van der Waals surface area contributed by atoms with E-state index in [-0.39, 0.29) is 0 Å². The zero-order chi connectivity index (χ0) is 18.1. The molecule has 0 spiro atoms. The number of likely N-dealkylation sites (tertiary alicyclic amines) is 1. The van der Waals surface area contributed by atoms with Crippen molar-refractivity contribution in [2.45, 2.75) is 38.0 Å². The summed E-state index contributed by atoms with van der Waals surface area (Å²) in [5, 5.41) is 2.48. The Kier molecular flexibility index (Phi) is 5.02. The predicted octanol–water partition coefficient (Wildman–Crippen LogP) is 3.20. The Bertz CT molecular complexity index is 847. The van der Waals surface area contributed by atoms with Crippen molar-refractivity contribution in [1.82, 2.24) is 9.88 Å². The number of aromatic nitrogens is 1. The SMILES string of the molecule is C1=c2nc(N3CC[C@@H](CN4CCC(c5ccccc5)CC4)C3)sc2=CCC1. The summed E-state index contributed by atoms with van der Waals surface area (Å²) in [5.74, 6) is 1.56. The van der Waals surface area contributed by atoms with Gasteiger partial charge in [0.15, 0.2) is 5.13 Å². The molecule has 0 radical (unpaired) electrons. The van der Waals surface area contributed by atoms with Crippen molar-refractivity contribution in [3.05, 3.63) is 45.8 Å². The first-order valence-corrected chi connectivity index (χ1v) is 11.4. The Balaban J connectivity index is 1.15. The Morgan fingerprint density at radius 1 is 0.963 bits per heavy atom. The number of hydrogen-bond acceptors (Lipinski definition) is 4. The fourth-order valence-corrected chi connectivity index (χ4v) is 5.96. The van der Waals surface area contributed by atoms with Crippen LogP contribution in [0.4, 0.5) is 5.13 Å². The van der Waals surface area contributed by atoms with Gasteiger partial charge in [-0.05, 0) is 62.6 Å². The van der Waals surface area contributed by atoms with Gasteiger partial charge in [-0.15, -0.1) is 0 Å². The lowest BCUT2D eigenvalue weighted by molar-refractivity contribution is 0.188. The van der Waals surface area contributed by atoms with Gasteiger partial charge in [-0.3, -0.25) is 0 Å². The van der Waals surface area contributed by atoms with E-state index in [1.54, 1.807) is 0 Å². The van der Waals surface area contributed by atoms with Crippen LogP contribution in [0.15, 0.2) is 30.3 Å². The summed E-state index contributed by atoms with van der Waals surface area (Å²) < 4.78 is 1.39. The standard InChI is InChI=1S/C23H29N3S/c1-2-6-19(7-3-1)20-11-13-25(14-12-20)16-18-10-15-26(17-18)23-24-21-8-4-5-9-22(21)27-23/h1-3,6-9,18,20H,4-5,10-17H2/t18-/m0/s1.